The number of hydrogen-bond acceptors (Lipinski definition) is 2. The lowest BCUT2D eigenvalue weighted by Gasteiger charge is -2.19. The van der Waals surface area contributed by atoms with E-state index < -0.39 is 5.82 Å². The van der Waals surface area contributed by atoms with Crippen LogP contribution in [0.2, 0.25) is 10.2 Å². The Morgan fingerprint density at radius 2 is 2.12 bits per heavy atom. The number of benzene rings is 1. The average molecular weight is 393 g/mol. The molecule has 1 aromatic carbocycles. The smallest absolute Gasteiger partial charge is 0.272 e. The first-order valence-electron chi connectivity index (χ1n) is 7.29. The number of halogens is 4. The number of nitrogens with one attached hydrogen (secondary N) is 1. The van der Waals surface area contributed by atoms with Crippen molar-refractivity contribution in [3.8, 4) is 0 Å². The number of aromatic nitrogens is 1. The zero-order valence-corrected chi connectivity index (χ0v) is 15.2. The lowest BCUT2D eigenvalue weighted by Crippen LogP contribution is -2.20. The molecule has 1 atom stereocenters. The largest absolute Gasteiger partial charge is 0.330 e. The van der Waals surface area contributed by atoms with Crippen LogP contribution in [0.3, 0.4) is 0 Å². The number of hydrogen-bond donors (Lipinski definition) is 2. The minimum atomic E-state index is -0.532. The lowest BCUT2D eigenvalue weighted by molar-refractivity contribution is 0.101. The number of nitrogens with zero attached hydrogens (tertiary/aromatic N) is 1. The van der Waals surface area contributed by atoms with E-state index in [1.165, 1.54) is 18.2 Å². The highest BCUT2D eigenvalue weighted by Gasteiger charge is 2.30. The van der Waals surface area contributed by atoms with E-state index in [9.17, 15) is 9.18 Å². The van der Waals surface area contributed by atoms with Crippen molar-refractivity contribution >= 4 is 47.2 Å². The molecule has 1 aliphatic carbocycles. The third-order valence-electron chi connectivity index (χ3n) is 4.17. The lowest BCUT2D eigenvalue weighted by atomic mass is 9.90. The van der Waals surface area contributed by atoms with Gasteiger partial charge in [0.25, 0.3) is 5.91 Å². The summed E-state index contributed by atoms with van der Waals surface area (Å²) in [7, 11) is 1.74. The van der Waals surface area contributed by atoms with Crippen molar-refractivity contribution in [3.05, 3.63) is 51.0 Å². The third-order valence-corrected chi connectivity index (χ3v) is 4.92. The second kappa shape index (κ2) is 7.31. The van der Waals surface area contributed by atoms with Crippen molar-refractivity contribution in [1.82, 2.24) is 4.57 Å². The summed E-state index contributed by atoms with van der Waals surface area (Å²) in [6.45, 7) is 0. The second-order valence-electron chi connectivity index (χ2n) is 5.67. The molecule has 0 fully saturated rings. The van der Waals surface area contributed by atoms with E-state index in [0.717, 1.165) is 30.4 Å². The second-order valence-corrected chi connectivity index (χ2v) is 6.44. The molecule has 0 bridgehead atoms. The topological polar surface area (TPSA) is 60.0 Å². The summed E-state index contributed by atoms with van der Waals surface area (Å²) in [4.78, 5) is 12.7. The molecule has 0 radical (unpaired) electrons. The summed E-state index contributed by atoms with van der Waals surface area (Å²) in [5.41, 5.74) is 8.78. The molecule has 3 N–H and O–H groups in total. The Kier molecular flexibility index (Phi) is 5.81. The number of rotatable bonds is 2. The van der Waals surface area contributed by atoms with Gasteiger partial charge in [0.2, 0.25) is 0 Å². The summed E-state index contributed by atoms with van der Waals surface area (Å²) in [5.74, 6) is -0.845. The van der Waals surface area contributed by atoms with Crippen LogP contribution < -0.4 is 11.1 Å². The van der Waals surface area contributed by atoms with Crippen LogP contribution in [0.25, 0.3) is 0 Å². The zero-order chi connectivity index (χ0) is 16.7. The van der Waals surface area contributed by atoms with Crippen molar-refractivity contribution in [1.29, 1.82) is 0 Å². The summed E-state index contributed by atoms with van der Waals surface area (Å²) in [5, 5.41) is 3.19. The first-order valence-corrected chi connectivity index (χ1v) is 8.04. The van der Waals surface area contributed by atoms with Gasteiger partial charge in [-0.2, -0.15) is 0 Å². The Balaban J connectivity index is 0.00000208. The van der Waals surface area contributed by atoms with Gasteiger partial charge in [-0.05, 0) is 43.0 Å². The van der Waals surface area contributed by atoms with Crippen molar-refractivity contribution in [2.75, 3.05) is 5.32 Å². The van der Waals surface area contributed by atoms with Crippen LogP contribution in [-0.4, -0.2) is 10.5 Å². The summed E-state index contributed by atoms with van der Waals surface area (Å²) >= 11 is 12.1. The highest BCUT2D eigenvalue weighted by atomic mass is 35.5. The van der Waals surface area contributed by atoms with Crippen molar-refractivity contribution in [2.24, 2.45) is 12.8 Å². The molecule has 4 nitrogen and oxygen atoms in total. The van der Waals surface area contributed by atoms with E-state index in [0.29, 0.717) is 16.5 Å². The van der Waals surface area contributed by atoms with Gasteiger partial charge in [0.05, 0.1) is 5.02 Å². The van der Waals surface area contributed by atoms with Crippen LogP contribution in [0, 0.1) is 5.82 Å². The van der Waals surface area contributed by atoms with Gasteiger partial charge in [-0.3, -0.25) is 4.79 Å². The first-order chi connectivity index (χ1) is 10.9. The molecule has 2 aromatic rings. The number of anilines is 1. The van der Waals surface area contributed by atoms with Crippen LogP contribution in [-0.2, 0) is 13.5 Å². The minimum Gasteiger partial charge on any atom is -0.330 e. The molecule has 1 aliphatic rings. The number of nitrogens with two attached hydrogens (primary N) is 1. The average Bonchev–Trinajstić information content (AvgIpc) is 2.76. The van der Waals surface area contributed by atoms with Crippen molar-refractivity contribution in [2.45, 2.75) is 25.3 Å². The molecule has 1 heterocycles. The summed E-state index contributed by atoms with van der Waals surface area (Å²) < 4.78 is 14.9. The SMILES string of the molecule is Cl.Cn1c(Cl)c2c(c1C(=O)Nc1ccc(F)c(Cl)c1)CCCC2N. The predicted octanol–water partition coefficient (Wildman–Crippen LogP) is 4.48. The van der Waals surface area contributed by atoms with E-state index in [4.69, 9.17) is 28.9 Å². The quantitative estimate of drug-likeness (QED) is 0.791. The summed E-state index contributed by atoms with van der Waals surface area (Å²) in [6.07, 6.45) is 2.53. The van der Waals surface area contributed by atoms with Crippen LogP contribution in [0.1, 0.15) is 40.5 Å². The van der Waals surface area contributed by atoms with Gasteiger partial charge in [-0.1, -0.05) is 23.2 Å². The molecule has 1 unspecified atom stereocenters. The molecule has 0 aliphatic heterocycles. The predicted molar refractivity (Wildman–Crippen MR) is 96.9 cm³/mol. The van der Waals surface area contributed by atoms with Crippen molar-refractivity contribution in [3.63, 3.8) is 0 Å². The highest BCUT2D eigenvalue weighted by Crippen LogP contribution is 2.37. The normalized spacial score (nSPS) is 16.3. The van der Waals surface area contributed by atoms with E-state index >= 15 is 0 Å². The number of amides is 1. The first kappa shape index (κ1) is 19.1. The van der Waals surface area contributed by atoms with Gasteiger partial charge in [0.1, 0.15) is 16.7 Å². The standard InChI is InChI=1S/C16H16Cl2FN3O.ClH/c1-22-14(9-3-2-4-12(20)13(9)15(22)18)16(23)21-8-5-6-11(19)10(17)7-8;/h5-7,12H,2-4,20H2,1H3,(H,21,23);1H. The van der Waals surface area contributed by atoms with Gasteiger partial charge < -0.3 is 15.6 Å². The number of carbonyl (C=O) groups excluding carboxylic acids is 1. The molecule has 130 valence electrons. The molecule has 3 rings (SSSR count). The Morgan fingerprint density at radius 1 is 1.42 bits per heavy atom. The van der Waals surface area contributed by atoms with E-state index in [1.807, 2.05) is 0 Å². The highest BCUT2D eigenvalue weighted by molar-refractivity contribution is 6.31. The molecule has 0 saturated heterocycles. The molecule has 24 heavy (non-hydrogen) atoms. The fraction of sp³-hybridized carbons (Fsp3) is 0.312. The third kappa shape index (κ3) is 3.26. The number of fused-ring (bicyclic) bond motifs is 1. The number of carbonyl (C=O) groups is 1. The van der Waals surface area contributed by atoms with Gasteiger partial charge in [-0.25, -0.2) is 4.39 Å². The van der Waals surface area contributed by atoms with Crippen LogP contribution >= 0.6 is 35.6 Å². The molecular formula is C16H17Cl3FN3O. The Bertz CT molecular complexity index is 791. The maximum atomic E-state index is 13.2. The molecular weight excluding hydrogens is 376 g/mol. The fourth-order valence-electron chi connectivity index (χ4n) is 3.06. The van der Waals surface area contributed by atoms with E-state index in [-0.39, 0.29) is 29.4 Å². The molecule has 0 saturated carbocycles. The summed E-state index contributed by atoms with van der Waals surface area (Å²) in [6, 6.07) is 3.89. The fourth-order valence-corrected chi connectivity index (χ4v) is 3.58. The van der Waals surface area contributed by atoms with E-state index in [2.05, 4.69) is 5.32 Å². The zero-order valence-electron chi connectivity index (χ0n) is 12.9. The van der Waals surface area contributed by atoms with Gasteiger partial charge in [0, 0.05) is 24.3 Å². The van der Waals surface area contributed by atoms with Gasteiger partial charge in [0.15, 0.2) is 0 Å². The van der Waals surface area contributed by atoms with Crippen LogP contribution in [0.4, 0.5) is 10.1 Å². The van der Waals surface area contributed by atoms with Crippen LogP contribution in [0.5, 0.6) is 0 Å². The maximum absolute atomic E-state index is 13.2. The minimum absolute atomic E-state index is 0. The molecule has 1 amide bonds. The Labute approximate surface area is 155 Å². The van der Waals surface area contributed by atoms with Gasteiger partial charge >= 0.3 is 0 Å². The Hall–Kier alpha value is -1.27. The van der Waals surface area contributed by atoms with Gasteiger partial charge in [-0.15, -0.1) is 12.4 Å². The van der Waals surface area contributed by atoms with E-state index in [1.54, 1.807) is 11.6 Å². The van der Waals surface area contributed by atoms with Crippen LogP contribution in [0.15, 0.2) is 18.2 Å². The molecule has 0 spiro atoms. The maximum Gasteiger partial charge on any atom is 0.272 e. The molecule has 1 aromatic heterocycles. The Morgan fingerprint density at radius 3 is 2.79 bits per heavy atom. The molecule has 8 heteroatoms. The van der Waals surface area contributed by atoms with Crippen molar-refractivity contribution < 1.29 is 9.18 Å². The monoisotopic (exact) mass is 391 g/mol.